The molecule has 3 aromatic rings. The number of urea groups is 1. The first-order chi connectivity index (χ1) is 15.1. The summed E-state index contributed by atoms with van der Waals surface area (Å²) >= 11 is 0. The molecule has 1 N–H and O–H groups in total. The number of nitrogens with zero attached hydrogens (tertiary/aromatic N) is 4. The molecule has 2 aromatic carbocycles. The van der Waals surface area contributed by atoms with Gasteiger partial charge in [0.05, 0.1) is 0 Å². The van der Waals surface area contributed by atoms with Crippen LogP contribution >= 0.6 is 0 Å². The third-order valence-corrected chi connectivity index (χ3v) is 5.68. The lowest BCUT2D eigenvalue weighted by Crippen LogP contribution is -2.52. The van der Waals surface area contributed by atoms with E-state index in [4.69, 9.17) is 4.98 Å². The van der Waals surface area contributed by atoms with Crippen molar-refractivity contribution in [1.29, 1.82) is 0 Å². The number of hydrogen-bond acceptors (Lipinski definition) is 4. The van der Waals surface area contributed by atoms with Crippen molar-refractivity contribution >= 4 is 11.8 Å². The zero-order chi connectivity index (χ0) is 21.6. The van der Waals surface area contributed by atoms with E-state index in [1.807, 2.05) is 48.2 Å². The second kappa shape index (κ2) is 9.60. The first kappa shape index (κ1) is 20.8. The van der Waals surface area contributed by atoms with E-state index in [0.717, 1.165) is 42.4 Å². The maximum Gasteiger partial charge on any atom is 0.317 e. The van der Waals surface area contributed by atoms with Gasteiger partial charge in [-0.25, -0.2) is 14.8 Å². The van der Waals surface area contributed by atoms with Gasteiger partial charge in [-0.05, 0) is 25.0 Å². The molecule has 0 atom stereocenters. The Balaban J connectivity index is 1.42. The van der Waals surface area contributed by atoms with Crippen molar-refractivity contribution in [3.63, 3.8) is 0 Å². The number of rotatable bonds is 5. The maximum absolute atomic E-state index is 12.6. The van der Waals surface area contributed by atoms with E-state index in [2.05, 4.69) is 46.4 Å². The zero-order valence-corrected chi connectivity index (χ0v) is 18.2. The van der Waals surface area contributed by atoms with Gasteiger partial charge in [0.1, 0.15) is 11.6 Å². The highest BCUT2D eigenvalue weighted by atomic mass is 16.2. The van der Waals surface area contributed by atoms with Crippen LogP contribution in [0, 0.1) is 13.8 Å². The van der Waals surface area contributed by atoms with Crippen LogP contribution in [0.1, 0.15) is 28.2 Å². The Morgan fingerprint density at radius 3 is 2.13 bits per heavy atom. The molecule has 4 rings (SSSR count). The van der Waals surface area contributed by atoms with Crippen molar-refractivity contribution < 1.29 is 4.79 Å². The standard InChI is InChI=1S/C25H29N5O/c1-19-23(17-21-9-5-3-6-10-21)24(28-20(2)27-19)29-13-15-30(16-14-29)25(31)26-18-22-11-7-4-8-12-22/h3-12H,13-18H2,1-2H3,(H,26,31). The summed E-state index contributed by atoms with van der Waals surface area (Å²) in [5.41, 5.74) is 4.54. The second-order valence-corrected chi connectivity index (χ2v) is 7.94. The molecule has 0 unspecified atom stereocenters. The summed E-state index contributed by atoms with van der Waals surface area (Å²) in [5.74, 6) is 1.78. The van der Waals surface area contributed by atoms with E-state index < -0.39 is 0 Å². The Hall–Kier alpha value is -3.41. The highest BCUT2D eigenvalue weighted by molar-refractivity contribution is 5.74. The van der Waals surface area contributed by atoms with Crippen LogP contribution < -0.4 is 10.2 Å². The number of carbonyl (C=O) groups excluding carboxylic acids is 1. The van der Waals surface area contributed by atoms with Crippen molar-refractivity contribution in [1.82, 2.24) is 20.2 Å². The van der Waals surface area contributed by atoms with Crippen LogP contribution in [0.5, 0.6) is 0 Å². The first-order valence-electron chi connectivity index (χ1n) is 10.8. The lowest BCUT2D eigenvalue weighted by Gasteiger charge is -2.36. The molecule has 2 heterocycles. The number of carbonyl (C=O) groups is 1. The minimum Gasteiger partial charge on any atom is -0.353 e. The number of aryl methyl sites for hydroxylation is 2. The lowest BCUT2D eigenvalue weighted by molar-refractivity contribution is 0.193. The summed E-state index contributed by atoms with van der Waals surface area (Å²) in [7, 11) is 0. The van der Waals surface area contributed by atoms with Crippen molar-refractivity contribution in [2.75, 3.05) is 31.1 Å². The SMILES string of the molecule is Cc1nc(C)c(Cc2ccccc2)c(N2CCN(C(=O)NCc3ccccc3)CC2)n1. The minimum absolute atomic E-state index is 0.0111. The molecule has 2 amide bonds. The largest absolute Gasteiger partial charge is 0.353 e. The summed E-state index contributed by atoms with van der Waals surface area (Å²) in [5, 5.41) is 3.03. The molecular formula is C25H29N5O. The van der Waals surface area contributed by atoms with Crippen molar-refractivity contribution in [2.45, 2.75) is 26.8 Å². The van der Waals surface area contributed by atoms with Crippen molar-refractivity contribution in [3.8, 4) is 0 Å². The van der Waals surface area contributed by atoms with Crippen LogP contribution in [0.2, 0.25) is 0 Å². The molecule has 6 heteroatoms. The van der Waals surface area contributed by atoms with Crippen LogP contribution in [0.25, 0.3) is 0 Å². The zero-order valence-electron chi connectivity index (χ0n) is 18.2. The maximum atomic E-state index is 12.6. The molecule has 1 aromatic heterocycles. The van der Waals surface area contributed by atoms with Gasteiger partial charge in [-0.15, -0.1) is 0 Å². The summed E-state index contributed by atoms with van der Waals surface area (Å²) in [4.78, 5) is 26.2. The third-order valence-electron chi connectivity index (χ3n) is 5.68. The molecular weight excluding hydrogens is 386 g/mol. The summed E-state index contributed by atoms with van der Waals surface area (Å²) in [6.07, 6.45) is 0.806. The number of nitrogens with one attached hydrogen (secondary N) is 1. The van der Waals surface area contributed by atoms with Gasteiger partial charge in [0, 0.05) is 50.4 Å². The molecule has 0 bridgehead atoms. The van der Waals surface area contributed by atoms with E-state index in [9.17, 15) is 4.79 Å². The van der Waals surface area contributed by atoms with E-state index in [-0.39, 0.29) is 6.03 Å². The number of aromatic nitrogens is 2. The fourth-order valence-corrected chi connectivity index (χ4v) is 3.99. The molecule has 0 spiro atoms. The van der Waals surface area contributed by atoms with Crippen LogP contribution in [-0.2, 0) is 13.0 Å². The first-order valence-corrected chi connectivity index (χ1v) is 10.8. The van der Waals surface area contributed by atoms with Gasteiger partial charge in [-0.3, -0.25) is 0 Å². The summed E-state index contributed by atoms with van der Waals surface area (Å²) < 4.78 is 0. The van der Waals surface area contributed by atoms with E-state index in [1.165, 1.54) is 11.1 Å². The molecule has 1 aliphatic rings. The summed E-state index contributed by atoms with van der Waals surface area (Å²) in [6.45, 7) is 7.42. The Morgan fingerprint density at radius 1 is 0.871 bits per heavy atom. The van der Waals surface area contributed by atoms with Gasteiger partial charge >= 0.3 is 6.03 Å². The van der Waals surface area contributed by atoms with Crippen LogP contribution in [0.4, 0.5) is 10.6 Å². The smallest absolute Gasteiger partial charge is 0.317 e. The predicted octanol–water partition coefficient (Wildman–Crippen LogP) is 3.72. The Kier molecular flexibility index (Phi) is 6.46. The fourth-order valence-electron chi connectivity index (χ4n) is 3.99. The molecule has 1 aliphatic heterocycles. The van der Waals surface area contributed by atoms with Gasteiger partial charge in [-0.1, -0.05) is 60.7 Å². The van der Waals surface area contributed by atoms with Crippen molar-refractivity contribution in [2.24, 2.45) is 0 Å². The highest BCUT2D eigenvalue weighted by Gasteiger charge is 2.24. The monoisotopic (exact) mass is 415 g/mol. The molecule has 1 fully saturated rings. The minimum atomic E-state index is -0.0111. The average molecular weight is 416 g/mol. The number of benzene rings is 2. The number of amides is 2. The van der Waals surface area contributed by atoms with Crippen LogP contribution in [0.15, 0.2) is 60.7 Å². The van der Waals surface area contributed by atoms with Gasteiger partial charge in [-0.2, -0.15) is 0 Å². The van der Waals surface area contributed by atoms with Gasteiger partial charge < -0.3 is 15.1 Å². The number of hydrogen-bond donors (Lipinski definition) is 1. The van der Waals surface area contributed by atoms with Gasteiger partial charge in [0.2, 0.25) is 0 Å². The lowest BCUT2D eigenvalue weighted by atomic mass is 10.0. The van der Waals surface area contributed by atoms with Crippen LogP contribution in [-0.4, -0.2) is 47.1 Å². The highest BCUT2D eigenvalue weighted by Crippen LogP contribution is 2.25. The molecule has 160 valence electrons. The second-order valence-electron chi connectivity index (χ2n) is 7.94. The third kappa shape index (κ3) is 5.20. The molecule has 0 radical (unpaired) electrons. The predicted molar refractivity (Wildman–Crippen MR) is 123 cm³/mol. The van der Waals surface area contributed by atoms with Gasteiger partial charge in [0.25, 0.3) is 0 Å². The number of piperazine rings is 1. The fraction of sp³-hybridized carbons (Fsp3) is 0.320. The normalized spacial score (nSPS) is 13.9. The molecule has 31 heavy (non-hydrogen) atoms. The Labute approximate surface area is 183 Å². The molecule has 0 saturated carbocycles. The van der Waals surface area contributed by atoms with E-state index >= 15 is 0 Å². The summed E-state index contributed by atoms with van der Waals surface area (Å²) in [6, 6.07) is 20.4. The molecule has 6 nitrogen and oxygen atoms in total. The number of anilines is 1. The Morgan fingerprint density at radius 2 is 1.48 bits per heavy atom. The van der Waals surface area contributed by atoms with Gasteiger partial charge in [0.15, 0.2) is 0 Å². The average Bonchev–Trinajstić information content (AvgIpc) is 2.80. The topological polar surface area (TPSA) is 61.4 Å². The van der Waals surface area contributed by atoms with E-state index in [0.29, 0.717) is 19.6 Å². The quantitative estimate of drug-likeness (QED) is 0.690. The van der Waals surface area contributed by atoms with Crippen molar-refractivity contribution in [3.05, 3.63) is 88.9 Å². The molecule has 1 saturated heterocycles. The van der Waals surface area contributed by atoms with E-state index in [1.54, 1.807) is 0 Å². The van der Waals surface area contributed by atoms with Crippen LogP contribution in [0.3, 0.4) is 0 Å². The molecule has 0 aliphatic carbocycles. The Bertz CT molecular complexity index is 1010.